The molecule has 4 heteroatoms. The molecule has 19 heavy (non-hydrogen) atoms. The van der Waals surface area contributed by atoms with Crippen molar-refractivity contribution in [1.82, 2.24) is 10.3 Å². The Balaban J connectivity index is 2.11. The first-order chi connectivity index (χ1) is 8.89. The second-order valence-electron chi connectivity index (χ2n) is 6.38. The SMILES string of the molecule is CC(C)COCCCNCc1cnc(C(C)(C)C)s1. The van der Waals surface area contributed by atoms with Gasteiger partial charge < -0.3 is 10.1 Å². The molecular weight excluding hydrogens is 256 g/mol. The highest BCUT2D eigenvalue weighted by molar-refractivity contribution is 7.11. The molecule has 0 aliphatic rings. The molecule has 0 bridgehead atoms. The summed E-state index contributed by atoms with van der Waals surface area (Å²) in [6.07, 6.45) is 3.06. The lowest BCUT2D eigenvalue weighted by Crippen LogP contribution is -2.16. The van der Waals surface area contributed by atoms with E-state index >= 15 is 0 Å². The molecule has 1 N–H and O–H groups in total. The molecule has 0 saturated heterocycles. The monoisotopic (exact) mass is 284 g/mol. The second-order valence-corrected chi connectivity index (χ2v) is 7.50. The molecular formula is C15H28N2OS. The van der Waals surface area contributed by atoms with Crippen LogP contribution in [-0.2, 0) is 16.7 Å². The average molecular weight is 284 g/mol. The summed E-state index contributed by atoms with van der Waals surface area (Å²) in [5.41, 5.74) is 0.160. The van der Waals surface area contributed by atoms with E-state index in [0.717, 1.165) is 32.7 Å². The van der Waals surface area contributed by atoms with E-state index < -0.39 is 0 Å². The molecule has 0 fully saturated rings. The lowest BCUT2D eigenvalue weighted by molar-refractivity contribution is 0.108. The van der Waals surface area contributed by atoms with E-state index in [1.165, 1.54) is 9.88 Å². The molecule has 0 radical (unpaired) electrons. The maximum atomic E-state index is 5.55. The van der Waals surface area contributed by atoms with E-state index in [-0.39, 0.29) is 5.41 Å². The lowest BCUT2D eigenvalue weighted by Gasteiger charge is -2.13. The Morgan fingerprint density at radius 3 is 2.68 bits per heavy atom. The van der Waals surface area contributed by atoms with Crippen molar-refractivity contribution in [3.05, 3.63) is 16.1 Å². The van der Waals surface area contributed by atoms with Crippen LogP contribution in [0.1, 0.15) is 50.9 Å². The molecule has 0 saturated carbocycles. The molecule has 0 aromatic carbocycles. The minimum Gasteiger partial charge on any atom is -0.381 e. The fourth-order valence-electron chi connectivity index (χ4n) is 1.57. The molecule has 0 spiro atoms. The molecule has 0 aliphatic carbocycles. The van der Waals surface area contributed by atoms with Gasteiger partial charge in [-0.2, -0.15) is 0 Å². The Hall–Kier alpha value is -0.450. The lowest BCUT2D eigenvalue weighted by atomic mass is 9.98. The van der Waals surface area contributed by atoms with Crippen LogP contribution < -0.4 is 5.32 Å². The molecule has 0 amide bonds. The molecule has 0 aliphatic heterocycles. The zero-order valence-corrected chi connectivity index (χ0v) is 13.8. The maximum Gasteiger partial charge on any atom is 0.0981 e. The maximum absolute atomic E-state index is 5.55. The minimum absolute atomic E-state index is 0.160. The van der Waals surface area contributed by atoms with Crippen LogP contribution in [-0.4, -0.2) is 24.7 Å². The second kappa shape index (κ2) is 7.98. The van der Waals surface area contributed by atoms with Crippen LogP contribution >= 0.6 is 11.3 Å². The van der Waals surface area contributed by atoms with Crippen LogP contribution in [0.15, 0.2) is 6.20 Å². The number of hydrogen-bond donors (Lipinski definition) is 1. The highest BCUT2D eigenvalue weighted by atomic mass is 32.1. The molecule has 1 heterocycles. The van der Waals surface area contributed by atoms with E-state index in [4.69, 9.17) is 4.74 Å². The van der Waals surface area contributed by atoms with Crippen molar-refractivity contribution in [1.29, 1.82) is 0 Å². The molecule has 1 aromatic rings. The molecule has 110 valence electrons. The molecule has 0 atom stereocenters. The number of aromatic nitrogens is 1. The summed E-state index contributed by atoms with van der Waals surface area (Å²) in [5.74, 6) is 0.626. The van der Waals surface area contributed by atoms with Crippen LogP contribution in [0.3, 0.4) is 0 Å². The summed E-state index contributed by atoms with van der Waals surface area (Å²) in [5, 5.41) is 4.66. The third kappa shape index (κ3) is 7.04. The Kier molecular flexibility index (Phi) is 6.97. The summed E-state index contributed by atoms with van der Waals surface area (Å²) in [4.78, 5) is 5.80. The van der Waals surface area contributed by atoms with Gasteiger partial charge in [0.1, 0.15) is 0 Å². The van der Waals surface area contributed by atoms with Crippen LogP contribution in [0.4, 0.5) is 0 Å². The number of thiazole rings is 1. The van der Waals surface area contributed by atoms with Crippen LogP contribution in [0, 0.1) is 5.92 Å². The molecule has 1 rings (SSSR count). The summed E-state index contributed by atoms with van der Waals surface area (Å²) < 4.78 is 5.55. The highest BCUT2D eigenvalue weighted by Crippen LogP contribution is 2.26. The Bertz CT molecular complexity index is 355. The van der Waals surface area contributed by atoms with Gasteiger partial charge in [0.2, 0.25) is 0 Å². The van der Waals surface area contributed by atoms with Gasteiger partial charge in [0.15, 0.2) is 0 Å². The first-order valence-corrected chi connectivity index (χ1v) is 7.95. The van der Waals surface area contributed by atoms with E-state index in [9.17, 15) is 0 Å². The van der Waals surface area contributed by atoms with E-state index in [1.807, 2.05) is 17.5 Å². The molecule has 0 unspecified atom stereocenters. The topological polar surface area (TPSA) is 34.1 Å². The van der Waals surface area contributed by atoms with Gasteiger partial charge in [-0.15, -0.1) is 11.3 Å². The van der Waals surface area contributed by atoms with Gasteiger partial charge in [-0.3, -0.25) is 0 Å². The highest BCUT2D eigenvalue weighted by Gasteiger charge is 2.17. The predicted octanol–water partition coefficient (Wildman–Crippen LogP) is 3.59. The van der Waals surface area contributed by atoms with Gasteiger partial charge in [-0.1, -0.05) is 34.6 Å². The predicted molar refractivity (Wildman–Crippen MR) is 82.8 cm³/mol. The van der Waals surface area contributed by atoms with E-state index in [0.29, 0.717) is 5.92 Å². The quantitative estimate of drug-likeness (QED) is 0.741. The van der Waals surface area contributed by atoms with Crippen molar-refractivity contribution < 1.29 is 4.74 Å². The van der Waals surface area contributed by atoms with Gasteiger partial charge >= 0.3 is 0 Å². The Morgan fingerprint density at radius 2 is 2.11 bits per heavy atom. The van der Waals surface area contributed by atoms with Gasteiger partial charge in [0, 0.05) is 36.2 Å². The minimum atomic E-state index is 0.160. The van der Waals surface area contributed by atoms with Gasteiger partial charge in [0.05, 0.1) is 5.01 Å². The number of ether oxygens (including phenoxy) is 1. The van der Waals surface area contributed by atoms with Crippen LogP contribution in [0.2, 0.25) is 0 Å². The zero-order valence-electron chi connectivity index (χ0n) is 13.0. The third-order valence-electron chi connectivity index (χ3n) is 2.59. The smallest absolute Gasteiger partial charge is 0.0981 e. The summed E-state index contributed by atoms with van der Waals surface area (Å²) in [7, 11) is 0. The molecule has 1 aromatic heterocycles. The normalized spacial score (nSPS) is 12.3. The third-order valence-corrected chi connectivity index (χ3v) is 4.01. The van der Waals surface area contributed by atoms with Crippen molar-refractivity contribution in [2.24, 2.45) is 5.92 Å². The van der Waals surface area contributed by atoms with Crippen molar-refractivity contribution in [2.75, 3.05) is 19.8 Å². The average Bonchev–Trinajstić information content (AvgIpc) is 2.75. The summed E-state index contributed by atoms with van der Waals surface area (Å²) in [6.45, 7) is 14.6. The van der Waals surface area contributed by atoms with Gasteiger partial charge in [-0.05, 0) is 18.9 Å². The van der Waals surface area contributed by atoms with Crippen molar-refractivity contribution >= 4 is 11.3 Å². The fraction of sp³-hybridized carbons (Fsp3) is 0.800. The van der Waals surface area contributed by atoms with Crippen LogP contribution in [0.5, 0.6) is 0 Å². The Labute approximate surface area is 121 Å². The van der Waals surface area contributed by atoms with Crippen molar-refractivity contribution in [2.45, 2.75) is 53.0 Å². The first-order valence-electron chi connectivity index (χ1n) is 7.13. The van der Waals surface area contributed by atoms with Crippen molar-refractivity contribution in [3.63, 3.8) is 0 Å². The first kappa shape index (κ1) is 16.6. The van der Waals surface area contributed by atoms with E-state index in [1.54, 1.807) is 0 Å². The largest absolute Gasteiger partial charge is 0.381 e. The van der Waals surface area contributed by atoms with E-state index in [2.05, 4.69) is 44.9 Å². The van der Waals surface area contributed by atoms with Gasteiger partial charge in [-0.25, -0.2) is 4.98 Å². The summed E-state index contributed by atoms with van der Waals surface area (Å²) >= 11 is 1.81. The number of hydrogen-bond acceptors (Lipinski definition) is 4. The number of nitrogens with zero attached hydrogens (tertiary/aromatic N) is 1. The standard InChI is InChI=1S/C15H28N2OS/c1-12(2)11-18-8-6-7-16-9-13-10-17-14(19-13)15(3,4)5/h10,12,16H,6-9,11H2,1-5H3. The summed E-state index contributed by atoms with van der Waals surface area (Å²) in [6, 6.07) is 0. The number of nitrogens with one attached hydrogen (secondary N) is 1. The number of rotatable bonds is 8. The molecule has 3 nitrogen and oxygen atoms in total. The van der Waals surface area contributed by atoms with Crippen molar-refractivity contribution in [3.8, 4) is 0 Å². The fourth-order valence-corrected chi connectivity index (χ4v) is 2.51. The van der Waals surface area contributed by atoms with Gasteiger partial charge in [0.25, 0.3) is 0 Å². The zero-order chi connectivity index (χ0) is 14.3. The van der Waals surface area contributed by atoms with Crippen LogP contribution in [0.25, 0.3) is 0 Å². The Morgan fingerprint density at radius 1 is 1.37 bits per heavy atom.